The lowest BCUT2D eigenvalue weighted by molar-refractivity contribution is -0.942. The average molecular weight is 391 g/mol. The van der Waals surface area contributed by atoms with E-state index in [1.807, 2.05) is 10.7 Å². The summed E-state index contributed by atoms with van der Waals surface area (Å²) in [5, 5.41) is 12.8. The number of tetrazole rings is 1. The third-order valence-electron chi connectivity index (χ3n) is 6.23. The Morgan fingerprint density at radius 2 is 1.55 bits per heavy atom. The van der Waals surface area contributed by atoms with Gasteiger partial charge in [0.1, 0.15) is 0 Å². The molecule has 1 aliphatic heterocycles. The van der Waals surface area contributed by atoms with E-state index in [0.717, 1.165) is 18.3 Å². The molecule has 2 heterocycles. The summed E-state index contributed by atoms with van der Waals surface area (Å²) in [5.41, 5.74) is 2.70. The van der Waals surface area contributed by atoms with Crippen molar-refractivity contribution in [3.63, 3.8) is 0 Å². The summed E-state index contributed by atoms with van der Waals surface area (Å²) in [6.45, 7) is 7.72. The summed E-state index contributed by atoms with van der Waals surface area (Å²) < 4.78 is 2.00. The van der Waals surface area contributed by atoms with Crippen LogP contribution in [0.1, 0.15) is 49.7 Å². The molecule has 5 nitrogen and oxygen atoms in total. The molecule has 0 bridgehead atoms. The first-order chi connectivity index (χ1) is 14.2. The van der Waals surface area contributed by atoms with E-state index in [4.69, 9.17) is 0 Å². The van der Waals surface area contributed by atoms with Gasteiger partial charge < -0.3 is 4.90 Å². The predicted molar refractivity (Wildman–Crippen MR) is 115 cm³/mol. The Hall–Kier alpha value is -2.53. The summed E-state index contributed by atoms with van der Waals surface area (Å²) in [7, 11) is 0. The van der Waals surface area contributed by atoms with E-state index in [1.54, 1.807) is 4.90 Å². The summed E-state index contributed by atoms with van der Waals surface area (Å²) in [5.74, 6) is 2.31. The van der Waals surface area contributed by atoms with Crippen LogP contribution in [-0.4, -0.2) is 33.3 Å². The highest BCUT2D eigenvalue weighted by atomic mass is 15.5. The Morgan fingerprint density at radius 3 is 2.17 bits per heavy atom. The van der Waals surface area contributed by atoms with Crippen molar-refractivity contribution in [3.8, 4) is 0 Å². The second kappa shape index (κ2) is 9.31. The first-order valence-corrected chi connectivity index (χ1v) is 10.9. The maximum Gasteiger partial charge on any atom is 0.209 e. The van der Waals surface area contributed by atoms with Gasteiger partial charge in [0, 0.05) is 5.92 Å². The molecule has 0 saturated carbocycles. The number of piperidine rings is 1. The lowest BCUT2D eigenvalue weighted by Gasteiger charge is -2.36. The van der Waals surface area contributed by atoms with E-state index in [0.29, 0.717) is 12.0 Å². The molecule has 0 unspecified atom stereocenters. The van der Waals surface area contributed by atoms with Crippen LogP contribution in [0.4, 0.5) is 0 Å². The minimum absolute atomic E-state index is 0.339. The number of likely N-dealkylation sites (tertiary alicyclic amines) is 1. The SMILES string of the molecule is CC(C)[C@H](c1nnnn1Cc1ccccc1)[NH+]1CCC(Cc2ccccc2)CC1. The van der Waals surface area contributed by atoms with Crippen LogP contribution >= 0.6 is 0 Å². The molecule has 3 aromatic rings. The van der Waals surface area contributed by atoms with Crippen LogP contribution in [0.25, 0.3) is 0 Å². The molecule has 1 aromatic heterocycles. The number of aromatic nitrogens is 4. The number of hydrogen-bond acceptors (Lipinski definition) is 3. The van der Waals surface area contributed by atoms with E-state index in [2.05, 4.69) is 84.0 Å². The zero-order valence-corrected chi connectivity index (χ0v) is 17.5. The second-order valence-electron chi connectivity index (χ2n) is 8.69. The number of benzene rings is 2. The zero-order chi connectivity index (χ0) is 20.1. The molecule has 1 atom stereocenters. The molecule has 1 saturated heterocycles. The normalized spacial score (nSPS) is 20.7. The van der Waals surface area contributed by atoms with E-state index in [-0.39, 0.29) is 0 Å². The molecule has 0 amide bonds. The molecule has 1 aliphatic rings. The van der Waals surface area contributed by atoms with Gasteiger partial charge in [-0.15, -0.1) is 5.10 Å². The number of quaternary nitrogens is 1. The Morgan fingerprint density at radius 1 is 0.931 bits per heavy atom. The van der Waals surface area contributed by atoms with Crippen LogP contribution in [0, 0.1) is 11.8 Å². The van der Waals surface area contributed by atoms with E-state index in [9.17, 15) is 0 Å². The molecule has 152 valence electrons. The van der Waals surface area contributed by atoms with Crippen LogP contribution < -0.4 is 4.90 Å². The van der Waals surface area contributed by atoms with Crippen LogP contribution in [0.2, 0.25) is 0 Å². The first-order valence-electron chi connectivity index (χ1n) is 10.9. The monoisotopic (exact) mass is 390 g/mol. The summed E-state index contributed by atoms with van der Waals surface area (Å²) >= 11 is 0. The largest absolute Gasteiger partial charge is 0.326 e. The molecule has 4 rings (SSSR count). The maximum atomic E-state index is 4.48. The molecule has 0 radical (unpaired) electrons. The molecule has 29 heavy (non-hydrogen) atoms. The Balaban J connectivity index is 1.43. The van der Waals surface area contributed by atoms with Gasteiger partial charge in [-0.05, 0) is 46.7 Å². The Labute approximate surface area is 173 Å². The van der Waals surface area contributed by atoms with Crippen molar-refractivity contribution in [2.24, 2.45) is 11.8 Å². The van der Waals surface area contributed by atoms with Crippen LogP contribution in [0.5, 0.6) is 0 Å². The minimum Gasteiger partial charge on any atom is -0.326 e. The fraction of sp³-hybridized carbons (Fsp3) is 0.458. The van der Waals surface area contributed by atoms with Crippen LogP contribution in [0.3, 0.4) is 0 Å². The fourth-order valence-corrected chi connectivity index (χ4v) is 4.77. The van der Waals surface area contributed by atoms with Gasteiger partial charge in [-0.1, -0.05) is 74.5 Å². The summed E-state index contributed by atoms with van der Waals surface area (Å²) in [6.07, 6.45) is 3.74. The molecular weight excluding hydrogens is 358 g/mol. The molecule has 1 N–H and O–H groups in total. The zero-order valence-electron chi connectivity index (χ0n) is 17.5. The Bertz CT molecular complexity index is 867. The van der Waals surface area contributed by atoms with Crippen LogP contribution in [0.15, 0.2) is 60.7 Å². The highest BCUT2D eigenvalue weighted by Gasteiger charge is 2.35. The number of nitrogens with zero attached hydrogens (tertiary/aromatic N) is 4. The van der Waals surface area contributed by atoms with Gasteiger partial charge in [0.2, 0.25) is 5.82 Å². The van der Waals surface area contributed by atoms with Gasteiger partial charge in [-0.3, -0.25) is 0 Å². The van der Waals surface area contributed by atoms with Crippen LogP contribution in [-0.2, 0) is 13.0 Å². The van der Waals surface area contributed by atoms with E-state index in [1.165, 1.54) is 43.5 Å². The molecule has 5 heteroatoms. The summed E-state index contributed by atoms with van der Waals surface area (Å²) in [6, 6.07) is 21.7. The highest BCUT2D eigenvalue weighted by Crippen LogP contribution is 2.21. The molecule has 0 spiro atoms. The van der Waals surface area contributed by atoms with Crippen molar-refractivity contribution in [1.82, 2.24) is 20.2 Å². The van der Waals surface area contributed by atoms with Crippen molar-refractivity contribution in [2.75, 3.05) is 13.1 Å². The molecule has 1 fully saturated rings. The third-order valence-corrected chi connectivity index (χ3v) is 6.23. The van der Waals surface area contributed by atoms with E-state index >= 15 is 0 Å². The summed E-state index contributed by atoms with van der Waals surface area (Å²) in [4.78, 5) is 1.63. The van der Waals surface area contributed by atoms with Crippen molar-refractivity contribution in [3.05, 3.63) is 77.6 Å². The first kappa shape index (κ1) is 19.8. The average Bonchev–Trinajstić information content (AvgIpc) is 3.18. The van der Waals surface area contributed by atoms with Gasteiger partial charge >= 0.3 is 0 Å². The number of nitrogens with one attached hydrogen (secondary N) is 1. The van der Waals surface area contributed by atoms with Gasteiger partial charge in [0.15, 0.2) is 6.04 Å². The van der Waals surface area contributed by atoms with Gasteiger partial charge in [0.05, 0.1) is 19.6 Å². The quantitative estimate of drug-likeness (QED) is 0.675. The lowest BCUT2D eigenvalue weighted by atomic mass is 9.88. The van der Waals surface area contributed by atoms with E-state index < -0.39 is 0 Å². The number of hydrogen-bond donors (Lipinski definition) is 1. The second-order valence-corrected chi connectivity index (χ2v) is 8.69. The third kappa shape index (κ3) is 4.91. The highest BCUT2D eigenvalue weighted by molar-refractivity contribution is 5.16. The van der Waals surface area contributed by atoms with Gasteiger partial charge in [-0.25, -0.2) is 4.68 Å². The standard InChI is InChI=1S/C24H31N5/c1-19(2)23(24-25-26-27-29(24)18-22-11-7-4-8-12-22)28-15-13-21(14-16-28)17-20-9-5-3-6-10-20/h3-12,19,21,23H,13-18H2,1-2H3/p+1/t23-/m1/s1. The van der Waals surface area contributed by atoms with Crippen molar-refractivity contribution in [2.45, 2.75) is 45.7 Å². The number of rotatable bonds is 7. The Kier molecular flexibility index (Phi) is 6.35. The predicted octanol–water partition coefficient (Wildman–Crippen LogP) is 2.96. The molecule has 0 aliphatic carbocycles. The molecule has 2 aromatic carbocycles. The van der Waals surface area contributed by atoms with Crippen molar-refractivity contribution < 1.29 is 4.90 Å². The topological polar surface area (TPSA) is 48.0 Å². The maximum absolute atomic E-state index is 4.48. The smallest absolute Gasteiger partial charge is 0.209 e. The lowest BCUT2D eigenvalue weighted by Crippen LogP contribution is -3.14. The van der Waals surface area contributed by atoms with Gasteiger partial charge in [-0.2, -0.15) is 0 Å². The minimum atomic E-state index is 0.339. The van der Waals surface area contributed by atoms with Gasteiger partial charge in [0.25, 0.3) is 0 Å². The molecular formula is C24H32N5+. The van der Waals surface area contributed by atoms with Crippen molar-refractivity contribution >= 4 is 0 Å². The fourth-order valence-electron chi connectivity index (χ4n) is 4.77. The van der Waals surface area contributed by atoms with Crippen molar-refractivity contribution in [1.29, 1.82) is 0 Å².